The summed E-state index contributed by atoms with van der Waals surface area (Å²) in [6.45, 7) is 4.54. The Morgan fingerprint density at radius 1 is 1.46 bits per heavy atom. The minimum Gasteiger partial charge on any atom is -0.351 e. The summed E-state index contributed by atoms with van der Waals surface area (Å²) in [6.07, 6.45) is 0.854. The molecule has 70 valence electrons. The van der Waals surface area contributed by atoms with E-state index in [9.17, 15) is 4.79 Å². The van der Waals surface area contributed by atoms with Crippen LogP contribution in [0.4, 0.5) is 0 Å². The van der Waals surface area contributed by atoms with Crippen LogP contribution in [-0.2, 0) is 6.42 Å². The van der Waals surface area contributed by atoms with Crippen molar-refractivity contribution in [2.24, 2.45) is 0 Å². The van der Waals surface area contributed by atoms with Gasteiger partial charge in [-0.05, 0) is 25.5 Å². The molecule has 13 heavy (non-hydrogen) atoms. The molecule has 1 heterocycles. The molecule has 1 aromatic rings. The van der Waals surface area contributed by atoms with Crippen molar-refractivity contribution in [3.63, 3.8) is 0 Å². The fourth-order valence-corrected chi connectivity index (χ4v) is 1.05. The number of nitrogens with one attached hydrogen (secondary N) is 1. The Morgan fingerprint density at radius 3 is 2.85 bits per heavy atom. The van der Waals surface area contributed by atoms with E-state index in [0.29, 0.717) is 12.2 Å². The van der Waals surface area contributed by atoms with Crippen molar-refractivity contribution < 1.29 is 4.79 Å². The van der Waals surface area contributed by atoms with Gasteiger partial charge in [0.25, 0.3) is 5.91 Å². The van der Waals surface area contributed by atoms with Gasteiger partial charge in [-0.1, -0.05) is 13.0 Å². The Hall–Kier alpha value is -1.38. The monoisotopic (exact) mass is 178 g/mol. The Balaban J connectivity index is 2.82. The van der Waals surface area contributed by atoms with Gasteiger partial charge in [-0.25, -0.2) is 4.98 Å². The molecule has 0 fully saturated rings. The highest BCUT2D eigenvalue weighted by Crippen LogP contribution is 1.99. The van der Waals surface area contributed by atoms with Gasteiger partial charge in [0.2, 0.25) is 0 Å². The number of aryl methyl sites for hydroxylation is 1. The van der Waals surface area contributed by atoms with E-state index in [-0.39, 0.29) is 5.91 Å². The molecule has 0 aromatic carbocycles. The minimum absolute atomic E-state index is 0.0993. The molecule has 0 aliphatic carbocycles. The SMILES string of the molecule is CCNC(=O)c1cccc(CC)n1. The molecule has 1 aromatic heterocycles. The molecular weight excluding hydrogens is 164 g/mol. The van der Waals surface area contributed by atoms with Crippen LogP contribution in [0.5, 0.6) is 0 Å². The second-order valence-corrected chi connectivity index (χ2v) is 2.73. The molecule has 1 rings (SSSR count). The van der Waals surface area contributed by atoms with E-state index < -0.39 is 0 Å². The Morgan fingerprint density at radius 2 is 2.23 bits per heavy atom. The largest absolute Gasteiger partial charge is 0.351 e. The predicted octanol–water partition coefficient (Wildman–Crippen LogP) is 1.39. The number of hydrogen-bond donors (Lipinski definition) is 1. The molecule has 0 saturated carbocycles. The first-order valence-electron chi connectivity index (χ1n) is 4.52. The van der Waals surface area contributed by atoms with Crippen LogP contribution in [0.15, 0.2) is 18.2 Å². The Labute approximate surface area is 78.2 Å². The van der Waals surface area contributed by atoms with E-state index in [1.54, 1.807) is 6.07 Å². The molecule has 0 saturated heterocycles. The molecule has 3 nitrogen and oxygen atoms in total. The maximum Gasteiger partial charge on any atom is 0.269 e. The molecule has 3 heteroatoms. The zero-order valence-electron chi connectivity index (χ0n) is 8.00. The lowest BCUT2D eigenvalue weighted by Gasteiger charge is -2.02. The number of amides is 1. The summed E-state index contributed by atoms with van der Waals surface area (Å²) in [7, 11) is 0. The highest BCUT2D eigenvalue weighted by atomic mass is 16.1. The third-order valence-electron chi connectivity index (χ3n) is 1.74. The van der Waals surface area contributed by atoms with Gasteiger partial charge >= 0.3 is 0 Å². The summed E-state index contributed by atoms with van der Waals surface area (Å²) in [5, 5.41) is 2.71. The third kappa shape index (κ3) is 2.54. The number of carbonyl (C=O) groups excluding carboxylic acids is 1. The Kier molecular flexibility index (Phi) is 3.43. The summed E-state index contributed by atoms with van der Waals surface area (Å²) >= 11 is 0. The van der Waals surface area contributed by atoms with Crippen LogP contribution < -0.4 is 5.32 Å². The highest BCUT2D eigenvalue weighted by Gasteiger charge is 2.04. The van der Waals surface area contributed by atoms with E-state index in [2.05, 4.69) is 10.3 Å². The van der Waals surface area contributed by atoms with Crippen LogP contribution in [0, 0.1) is 0 Å². The summed E-state index contributed by atoms with van der Waals surface area (Å²) in [4.78, 5) is 15.5. The summed E-state index contributed by atoms with van der Waals surface area (Å²) < 4.78 is 0. The van der Waals surface area contributed by atoms with Crippen molar-refractivity contribution in [1.82, 2.24) is 10.3 Å². The standard InChI is InChI=1S/C10H14N2O/c1-3-8-6-5-7-9(12-8)10(13)11-4-2/h5-7H,3-4H2,1-2H3,(H,11,13). The molecular formula is C10H14N2O. The van der Waals surface area contributed by atoms with Gasteiger partial charge in [-0.3, -0.25) is 4.79 Å². The number of aromatic nitrogens is 1. The Bertz CT molecular complexity index is 297. The van der Waals surface area contributed by atoms with Crippen molar-refractivity contribution in [2.45, 2.75) is 20.3 Å². The molecule has 0 unspecified atom stereocenters. The van der Waals surface area contributed by atoms with Gasteiger partial charge in [0.1, 0.15) is 5.69 Å². The van der Waals surface area contributed by atoms with E-state index in [1.165, 1.54) is 0 Å². The highest BCUT2D eigenvalue weighted by molar-refractivity contribution is 5.92. The quantitative estimate of drug-likeness (QED) is 0.760. The van der Waals surface area contributed by atoms with Crippen molar-refractivity contribution in [2.75, 3.05) is 6.54 Å². The number of carbonyl (C=O) groups is 1. The van der Waals surface area contributed by atoms with E-state index in [0.717, 1.165) is 12.1 Å². The van der Waals surface area contributed by atoms with Crippen molar-refractivity contribution in [3.05, 3.63) is 29.6 Å². The van der Waals surface area contributed by atoms with E-state index in [4.69, 9.17) is 0 Å². The van der Waals surface area contributed by atoms with Crippen LogP contribution in [0.25, 0.3) is 0 Å². The van der Waals surface area contributed by atoms with Gasteiger partial charge in [0.15, 0.2) is 0 Å². The van der Waals surface area contributed by atoms with E-state index in [1.807, 2.05) is 26.0 Å². The van der Waals surface area contributed by atoms with Crippen molar-refractivity contribution in [3.8, 4) is 0 Å². The number of nitrogens with zero attached hydrogens (tertiary/aromatic N) is 1. The van der Waals surface area contributed by atoms with Crippen LogP contribution in [0.1, 0.15) is 30.0 Å². The smallest absolute Gasteiger partial charge is 0.269 e. The number of hydrogen-bond acceptors (Lipinski definition) is 2. The maximum absolute atomic E-state index is 11.3. The van der Waals surface area contributed by atoms with Crippen LogP contribution in [0.2, 0.25) is 0 Å². The van der Waals surface area contributed by atoms with Gasteiger partial charge in [0, 0.05) is 12.2 Å². The fourth-order valence-electron chi connectivity index (χ4n) is 1.05. The number of rotatable bonds is 3. The van der Waals surface area contributed by atoms with Gasteiger partial charge < -0.3 is 5.32 Å². The normalized spacial score (nSPS) is 9.69. The average Bonchev–Trinajstić information content (AvgIpc) is 2.18. The zero-order chi connectivity index (χ0) is 9.68. The second-order valence-electron chi connectivity index (χ2n) is 2.73. The van der Waals surface area contributed by atoms with Gasteiger partial charge in [-0.15, -0.1) is 0 Å². The van der Waals surface area contributed by atoms with Crippen molar-refractivity contribution in [1.29, 1.82) is 0 Å². The first-order valence-corrected chi connectivity index (χ1v) is 4.52. The summed E-state index contributed by atoms with van der Waals surface area (Å²) in [6, 6.07) is 5.50. The lowest BCUT2D eigenvalue weighted by Crippen LogP contribution is -2.23. The van der Waals surface area contributed by atoms with Crippen LogP contribution in [-0.4, -0.2) is 17.4 Å². The van der Waals surface area contributed by atoms with Gasteiger partial charge in [-0.2, -0.15) is 0 Å². The van der Waals surface area contributed by atoms with E-state index >= 15 is 0 Å². The third-order valence-corrected chi connectivity index (χ3v) is 1.74. The van der Waals surface area contributed by atoms with Crippen LogP contribution >= 0.6 is 0 Å². The fraction of sp³-hybridized carbons (Fsp3) is 0.400. The predicted molar refractivity (Wildman–Crippen MR) is 51.6 cm³/mol. The molecule has 1 amide bonds. The zero-order valence-corrected chi connectivity index (χ0v) is 8.00. The molecule has 1 N–H and O–H groups in total. The van der Waals surface area contributed by atoms with Gasteiger partial charge in [0.05, 0.1) is 0 Å². The molecule has 0 atom stereocenters. The molecule has 0 bridgehead atoms. The number of pyridine rings is 1. The molecule has 0 aliphatic rings. The topological polar surface area (TPSA) is 42.0 Å². The molecule has 0 aliphatic heterocycles. The average molecular weight is 178 g/mol. The maximum atomic E-state index is 11.3. The molecule has 0 spiro atoms. The first kappa shape index (κ1) is 9.71. The summed E-state index contributed by atoms with van der Waals surface area (Å²) in [5.74, 6) is -0.0993. The molecule has 0 radical (unpaired) electrons. The van der Waals surface area contributed by atoms with Crippen molar-refractivity contribution >= 4 is 5.91 Å². The van der Waals surface area contributed by atoms with Crippen LogP contribution in [0.3, 0.4) is 0 Å². The first-order chi connectivity index (χ1) is 6.27. The minimum atomic E-state index is -0.0993. The second kappa shape index (κ2) is 4.60. The summed E-state index contributed by atoms with van der Waals surface area (Å²) in [5.41, 5.74) is 1.45. The lowest BCUT2D eigenvalue weighted by atomic mass is 10.2. The lowest BCUT2D eigenvalue weighted by molar-refractivity contribution is 0.0950.